The van der Waals surface area contributed by atoms with Crippen LogP contribution in [0.5, 0.6) is 5.75 Å². The summed E-state index contributed by atoms with van der Waals surface area (Å²) in [7, 11) is 0. The number of aryl methyl sites for hydroxylation is 1. The zero-order valence-corrected chi connectivity index (χ0v) is 16.3. The van der Waals surface area contributed by atoms with Gasteiger partial charge in [0.2, 0.25) is 0 Å². The summed E-state index contributed by atoms with van der Waals surface area (Å²) in [6, 6.07) is 10.5. The molecule has 0 saturated heterocycles. The molecule has 142 valence electrons. The highest BCUT2D eigenvalue weighted by molar-refractivity contribution is 6.11. The van der Waals surface area contributed by atoms with Crippen molar-refractivity contribution in [2.45, 2.75) is 57.8 Å². The van der Waals surface area contributed by atoms with E-state index in [1.807, 2.05) is 13.0 Å². The van der Waals surface area contributed by atoms with E-state index in [1.165, 1.54) is 10.8 Å². The molecule has 4 heteroatoms. The Hall–Kier alpha value is -2.30. The number of hydrogen-bond acceptors (Lipinski definition) is 3. The first-order chi connectivity index (χ1) is 12.7. The van der Waals surface area contributed by atoms with E-state index in [9.17, 15) is 10.2 Å². The Kier molecular flexibility index (Phi) is 4.09. The number of hydrogen-bond donors (Lipinski definition) is 3. The molecule has 0 aliphatic carbocycles. The number of rotatable bonds is 4. The Morgan fingerprint density at radius 2 is 1.96 bits per heavy atom. The quantitative estimate of drug-likeness (QED) is 0.627. The van der Waals surface area contributed by atoms with Gasteiger partial charge in [-0.05, 0) is 70.4 Å². The third kappa shape index (κ3) is 3.13. The van der Waals surface area contributed by atoms with Crippen molar-refractivity contribution < 1.29 is 14.9 Å². The average molecular weight is 365 g/mol. The lowest BCUT2D eigenvalue weighted by molar-refractivity contribution is -0.0578. The number of ether oxygens (including phenoxy) is 1. The molecular weight excluding hydrogens is 338 g/mol. The van der Waals surface area contributed by atoms with Crippen molar-refractivity contribution in [3.05, 3.63) is 47.5 Å². The smallest absolute Gasteiger partial charge is 0.132 e. The number of para-hydroxylation sites is 1. The molecule has 2 heterocycles. The van der Waals surface area contributed by atoms with Crippen LogP contribution in [0, 0.1) is 6.92 Å². The van der Waals surface area contributed by atoms with Gasteiger partial charge in [-0.1, -0.05) is 18.2 Å². The first-order valence-electron chi connectivity index (χ1n) is 9.51. The van der Waals surface area contributed by atoms with E-state index < -0.39 is 17.3 Å². The summed E-state index contributed by atoms with van der Waals surface area (Å²) in [6.07, 6.45) is 4.49. The first-order valence-corrected chi connectivity index (χ1v) is 9.51. The van der Waals surface area contributed by atoms with Crippen LogP contribution in [-0.2, 0) is 0 Å². The molecule has 0 spiro atoms. The van der Waals surface area contributed by atoms with Crippen molar-refractivity contribution in [2.24, 2.45) is 0 Å². The number of aromatic amines is 1. The van der Waals surface area contributed by atoms with Gasteiger partial charge in [-0.2, -0.15) is 0 Å². The summed E-state index contributed by atoms with van der Waals surface area (Å²) >= 11 is 0. The zero-order chi connectivity index (χ0) is 19.4. The van der Waals surface area contributed by atoms with Gasteiger partial charge in [0.25, 0.3) is 0 Å². The Morgan fingerprint density at radius 3 is 2.70 bits per heavy atom. The maximum Gasteiger partial charge on any atom is 0.132 e. The fourth-order valence-corrected chi connectivity index (χ4v) is 3.87. The Labute approximate surface area is 159 Å². The number of H-pyrrole nitrogens is 1. The highest BCUT2D eigenvalue weighted by Gasteiger charge is 2.33. The maximum atomic E-state index is 10.2. The molecule has 3 N–H and O–H groups in total. The number of aliphatic hydroxyl groups excluding tert-OH is 1. The fourth-order valence-electron chi connectivity index (χ4n) is 3.87. The van der Waals surface area contributed by atoms with Crippen molar-refractivity contribution in [3.8, 4) is 5.75 Å². The predicted octanol–water partition coefficient (Wildman–Crippen LogP) is 4.71. The van der Waals surface area contributed by atoms with E-state index in [4.69, 9.17) is 4.74 Å². The third-order valence-corrected chi connectivity index (χ3v) is 5.65. The monoisotopic (exact) mass is 365 g/mol. The van der Waals surface area contributed by atoms with E-state index >= 15 is 0 Å². The van der Waals surface area contributed by atoms with E-state index in [0.29, 0.717) is 12.8 Å². The summed E-state index contributed by atoms with van der Waals surface area (Å²) in [5.41, 5.74) is 2.76. The highest BCUT2D eigenvalue weighted by Crippen LogP contribution is 2.42. The second kappa shape index (κ2) is 6.11. The molecule has 1 aliphatic heterocycles. The number of aromatic nitrogens is 1. The number of fused-ring (bicyclic) bond motifs is 5. The summed E-state index contributed by atoms with van der Waals surface area (Å²) in [5.74, 6) is 0.886. The van der Waals surface area contributed by atoms with Gasteiger partial charge < -0.3 is 19.9 Å². The predicted molar refractivity (Wildman–Crippen MR) is 110 cm³/mol. The SMILES string of the molecule is Cc1cc2c([nH]c3ccccc32)c2c1OC(C)(CCC(O)C(C)(C)O)C=C2. The van der Waals surface area contributed by atoms with Gasteiger partial charge in [-0.15, -0.1) is 0 Å². The summed E-state index contributed by atoms with van der Waals surface area (Å²) in [4.78, 5) is 3.53. The number of nitrogens with one attached hydrogen (secondary N) is 1. The van der Waals surface area contributed by atoms with Crippen molar-refractivity contribution in [3.63, 3.8) is 0 Å². The van der Waals surface area contributed by atoms with Crippen molar-refractivity contribution in [2.75, 3.05) is 0 Å². The molecule has 4 rings (SSSR count). The lowest BCUT2D eigenvalue weighted by Gasteiger charge is -2.34. The topological polar surface area (TPSA) is 65.5 Å². The second-order valence-corrected chi connectivity index (χ2v) is 8.49. The van der Waals surface area contributed by atoms with E-state index in [2.05, 4.69) is 48.3 Å². The lowest BCUT2D eigenvalue weighted by Crippen LogP contribution is -2.39. The van der Waals surface area contributed by atoms with Gasteiger partial charge in [0.1, 0.15) is 11.4 Å². The van der Waals surface area contributed by atoms with Crippen LogP contribution in [-0.4, -0.2) is 32.5 Å². The fraction of sp³-hybridized carbons (Fsp3) is 0.391. The van der Waals surface area contributed by atoms with Crippen LogP contribution in [0.15, 0.2) is 36.4 Å². The molecular formula is C23H27NO3. The molecule has 27 heavy (non-hydrogen) atoms. The molecule has 0 amide bonds. The van der Waals surface area contributed by atoms with E-state index in [1.54, 1.807) is 13.8 Å². The van der Waals surface area contributed by atoms with E-state index in [0.717, 1.165) is 27.9 Å². The molecule has 3 aromatic rings. The van der Waals surface area contributed by atoms with Gasteiger partial charge in [0.15, 0.2) is 0 Å². The number of aliphatic hydroxyl groups is 2. The largest absolute Gasteiger partial charge is 0.483 e. The van der Waals surface area contributed by atoms with Crippen molar-refractivity contribution in [1.29, 1.82) is 0 Å². The minimum atomic E-state index is -1.11. The van der Waals surface area contributed by atoms with Gasteiger partial charge in [0, 0.05) is 21.9 Å². The first kappa shape index (κ1) is 18.1. The third-order valence-electron chi connectivity index (χ3n) is 5.65. The van der Waals surface area contributed by atoms with Gasteiger partial charge in [-0.25, -0.2) is 0 Å². The zero-order valence-electron chi connectivity index (χ0n) is 16.3. The molecule has 2 atom stereocenters. The Bertz CT molecular complexity index is 1040. The molecule has 1 aliphatic rings. The molecule has 0 bridgehead atoms. The highest BCUT2D eigenvalue weighted by atomic mass is 16.5. The van der Waals surface area contributed by atoms with Crippen molar-refractivity contribution >= 4 is 27.9 Å². The van der Waals surface area contributed by atoms with Gasteiger partial charge in [0.05, 0.1) is 17.2 Å². The van der Waals surface area contributed by atoms with Crippen LogP contribution in [0.1, 0.15) is 44.7 Å². The molecule has 0 saturated carbocycles. The van der Waals surface area contributed by atoms with Crippen LogP contribution < -0.4 is 4.74 Å². The van der Waals surface area contributed by atoms with Crippen LogP contribution in [0.2, 0.25) is 0 Å². The minimum absolute atomic E-state index is 0.466. The van der Waals surface area contributed by atoms with Crippen LogP contribution in [0.3, 0.4) is 0 Å². The van der Waals surface area contributed by atoms with Crippen molar-refractivity contribution in [1.82, 2.24) is 4.98 Å². The van der Waals surface area contributed by atoms with Gasteiger partial charge in [-0.3, -0.25) is 0 Å². The average Bonchev–Trinajstić information content (AvgIpc) is 2.98. The maximum absolute atomic E-state index is 10.2. The molecule has 2 aromatic carbocycles. The summed E-state index contributed by atoms with van der Waals surface area (Å²) in [6.45, 7) is 7.36. The minimum Gasteiger partial charge on any atom is -0.483 e. The Morgan fingerprint density at radius 1 is 1.22 bits per heavy atom. The standard InChI is InChI=1S/C23H27NO3/c1-14-13-17-15-7-5-6-8-18(15)24-20(17)16-9-11-23(4,27-21(14)16)12-10-19(25)22(2,3)26/h5-9,11,13,19,24-26H,10,12H2,1-4H3. The number of benzene rings is 2. The van der Waals surface area contributed by atoms with Crippen LogP contribution in [0.25, 0.3) is 27.9 Å². The summed E-state index contributed by atoms with van der Waals surface area (Å²) < 4.78 is 6.42. The van der Waals surface area contributed by atoms with Gasteiger partial charge >= 0.3 is 0 Å². The molecule has 1 aromatic heterocycles. The molecule has 0 radical (unpaired) electrons. The lowest BCUT2D eigenvalue weighted by atomic mass is 9.89. The molecule has 0 fully saturated rings. The molecule has 2 unspecified atom stereocenters. The summed E-state index contributed by atoms with van der Waals surface area (Å²) in [5, 5.41) is 22.6. The van der Waals surface area contributed by atoms with Crippen LogP contribution in [0.4, 0.5) is 0 Å². The van der Waals surface area contributed by atoms with Crippen LogP contribution >= 0.6 is 0 Å². The van der Waals surface area contributed by atoms with E-state index in [-0.39, 0.29) is 0 Å². The normalized spacial score (nSPS) is 20.7. The Balaban J connectivity index is 1.71. The second-order valence-electron chi connectivity index (χ2n) is 8.49. The molecule has 4 nitrogen and oxygen atoms in total.